The van der Waals surface area contributed by atoms with Gasteiger partial charge in [-0.15, -0.1) is 0 Å². The number of ether oxygens (including phenoxy) is 2. The largest absolute Gasteiger partial charge is 0.497 e. The fourth-order valence-corrected chi connectivity index (χ4v) is 5.70. The Morgan fingerprint density at radius 3 is 2.38 bits per heavy atom. The van der Waals surface area contributed by atoms with Crippen molar-refractivity contribution in [3.8, 4) is 22.6 Å². The number of carbonyl (C=O) groups is 1. The topological polar surface area (TPSA) is 63.9 Å². The van der Waals surface area contributed by atoms with Gasteiger partial charge in [0.2, 0.25) is 0 Å². The first-order chi connectivity index (χ1) is 19.0. The summed E-state index contributed by atoms with van der Waals surface area (Å²) < 4.78 is 17.5. The van der Waals surface area contributed by atoms with Crippen molar-refractivity contribution in [2.75, 3.05) is 20.8 Å². The lowest BCUT2D eigenvalue weighted by Crippen LogP contribution is -2.44. The van der Waals surface area contributed by atoms with Crippen molar-refractivity contribution in [1.82, 2.24) is 10.2 Å². The van der Waals surface area contributed by atoms with Crippen LogP contribution in [-0.4, -0.2) is 43.7 Å². The smallest absolute Gasteiger partial charge is 0.290 e. The van der Waals surface area contributed by atoms with Crippen LogP contribution in [0.2, 0.25) is 0 Å². The molecule has 39 heavy (non-hydrogen) atoms. The van der Waals surface area contributed by atoms with E-state index in [1.54, 1.807) is 7.11 Å². The molecule has 1 aliphatic carbocycles. The minimum absolute atomic E-state index is 0.0612. The van der Waals surface area contributed by atoms with Gasteiger partial charge >= 0.3 is 0 Å². The molecule has 6 heteroatoms. The number of nitrogens with one attached hydrogen (secondary N) is 1. The number of para-hydroxylation sites is 1. The van der Waals surface area contributed by atoms with Gasteiger partial charge in [-0.25, -0.2) is 0 Å². The molecule has 0 saturated heterocycles. The zero-order chi connectivity index (χ0) is 27.4. The highest BCUT2D eigenvalue weighted by molar-refractivity contribution is 5.99. The molecule has 0 spiro atoms. The van der Waals surface area contributed by atoms with Crippen molar-refractivity contribution in [3.05, 3.63) is 83.6 Å². The zero-order valence-electron chi connectivity index (χ0n) is 23.3. The number of carbonyl (C=O) groups excluding carboxylic acids is 1. The molecular weight excluding hydrogens is 488 g/mol. The third-order valence-electron chi connectivity index (χ3n) is 7.97. The fourth-order valence-electron chi connectivity index (χ4n) is 5.70. The summed E-state index contributed by atoms with van der Waals surface area (Å²) in [6.07, 6.45) is 3.96. The molecule has 1 N–H and O–H groups in total. The van der Waals surface area contributed by atoms with E-state index in [-0.39, 0.29) is 11.9 Å². The Morgan fingerprint density at radius 1 is 1.00 bits per heavy atom. The quantitative estimate of drug-likeness (QED) is 0.255. The van der Waals surface area contributed by atoms with Crippen molar-refractivity contribution >= 4 is 16.9 Å². The highest BCUT2D eigenvalue weighted by Crippen LogP contribution is 2.34. The maximum Gasteiger partial charge on any atom is 0.290 e. The van der Waals surface area contributed by atoms with Gasteiger partial charge in [0.05, 0.1) is 20.3 Å². The van der Waals surface area contributed by atoms with Crippen molar-refractivity contribution in [3.63, 3.8) is 0 Å². The standard InChI is InChI=1S/C33H38N2O4/c1-5-38-30-19-12-24(23-10-17-28(37-4)18-11-23)20-25(30)21-35(27-15-13-26(34-3)14-16-27)33(36)32-22(2)29-8-6-7-9-31(29)39-32/h6-12,17-20,26-27,34H,5,13-16,21H2,1-4H3. The SMILES string of the molecule is CCOc1ccc(-c2ccc(OC)cc2)cc1CN(C(=O)c1oc2ccccc2c1C)C1CCC(NC)CC1. The number of benzene rings is 3. The van der Waals surface area contributed by atoms with Crippen LogP contribution in [0, 0.1) is 6.92 Å². The molecule has 1 amide bonds. The number of nitrogens with zero attached hydrogens (tertiary/aromatic N) is 1. The number of amides is 1. The predicted molar refractivity (Wildman–Crippen MR) is 156 cm³/mol. The van der Waals surface area contributed by atoms with Crippen LogP contribution < -0.4 is 14.8 Å². The molecule has 0 aliphatic heterocycles. The van der Waals surface area contributed by atoms with Crippen LogP contribution in [-0.2, 0) is 6.54 Å². The van der Waals surface area contributed by atoms with Crippen LogP contribution in [0.5, 0.6) is 11.5 Å². The van der Waals surface area contributed by atoms with E-state index in [0.29, 0.717) is 25.0 Å². The van der Waals surface area contributed by atoms with Gasteiger partial charge in [-0.3, -0.25) is 4.79 Å². The van der Waals surface area contributed by atoms with Crippen LogP contribution >= 0.6 is 0 Å². The maximum absolute atomic E-state index is 14.2. The predicted octanol–water partition coefficient (Wildman–Crippen LogP) is 6.99. The molecule has 3 aromatic carbocycles. The first kappa shape index (κ1) is 26.8. The Morgan fingerprint density at radius 2 is 1.72 bits per heavy atom. The number of aryl methyl sites for hydroxylation is 1. The molecule has 6 nitrogen and oxygen atoms in total. The van der Waals surface area contributed by atoms with Gasteiger partial charge in [0.15, 0.2) is 5.76 Å². The van der Waals surface area contributed by atoms with Gasteiger partial charge in [-0.2, -0.15) is 0 Å². The molecule has 0 radical (unpaired) electrons. The normalized spacial score (nSPS) is 17.2. The Kier molecular flexibility index (Phi) is 8.22. The van der Waals surface area contributed by atoms with Gasteiger partial charge in [0.1, 0.15) is 17.1 Å². The Bertz CT molecular complexity index is 1420. The summed E-state index contributed by atoms with van der Waals surface area (Å²) in [7, 11) is 3.69. The van der Waals surface area contributed by atoms with Crippen LogP contribution in [0.3, 0.4) is 0 Å². The second kappa shape index (κ2) is 12.0. The lowest BCUT2D eigenvalue weighted by molar-refractivity contribution is 0.0568. The Hall–Kier alpha value is -3.77. The highest BCUT2D eigenvalue weighted by Gasteiger charge is 2.32. The minimum atomic E-state index is -0.0612. The van der Waals surface area contributed by atoms with Gasteiger partial charge in [-0.05, 0) is 88.0 Å². The van der Waals surface area contributed by atoms with Gasteiger partial charge < -0.3 is 24.1 Å². The number of hydrogen-bond acceptors (Lipinski definition) is 5. The monoisotopic (exact) mass is 526 g/mol. The molecule has 1 aromatic heterocycles. The number of hydrogen-bond donors (Lipinski definition) is 1. The Labute approximate surface area is 230 Å². The molecule has 1 heterocycles. The van der Waals surface area contributed by atoms with E-state index >= 15 is 0 Å². The van der Waals surface area contributed by atoms with Crippen LogP contribution in [0.1, 0.15) is 54.3 Å². The van der Waals surface area contributed by atoms with E-state index < -0.39 is 0 Å². The zero-order valence-corrected chi connectivity index (χ0v) is 23.3. The van der Waals surface area contributed by atoms with Crippen molar-refractivity contribution in [1.29, 1.82) is 0 Å². The minimum Gasteiger partial charge on any atom is -0.497 e. The summed E-state index contributed by atoms with van der Waals surface area (Å²) in [5.41, 5.74) is 4.78. The molecule has 1 fully saturated rings. The summed E-state index contributed by atoms with van der Waals surface area (Å²) in [5.74, 6) is 1.99. The van der Waals surface area contributed by atoms with Crippen LogP contribution in [0.25, 0.3) is 22.1 Å². The molecule has 0 unspecified atom stereocenters. The summed E-state index contributed by atoms with van der Waals surface area (Å²) in [6, 6.07) is 22.7. The average molecular weight is 527 g/mol. The summed E-state index contributed by atoms with van der Waals surface area (Å²) in [5, 5.41) is 4.39. The number of rotatable bonds is 9. The van der Waals surface area contributed by atoms with Gasteiger partial charge in [-0.1, -0.05) is 36.4 Å². The molecule has 1 aliphatic rings. The van der Waals surface area contributed by atoms with Crippen LogP contribution in [0.4, 0.5) is 0 Å². The summed E-state index contributed by atoms with van der Waals surface area (Å²) >= 11 is 0. The van der Waals surface area contributed by atoms with E-state index in [2.05, 4.69) is 29.6 Å². The van der Waals surface area contributed by atoms with E-state index in [1.807, 2.05) is 68.3 Å². The first-order valence-electron chi connectivity index (χ1n) is 13.9. The highest BCUT2D eigenvalue weighted by atomic mass is 16.5. The van der Waals surface area contributed by atoms with Gasteiger partial charge in [0.25, 0.3) is 5.91 Å². The first-order valence-corrected chi connectivity index (χ1v) is 13.9. The third kappa shape index (κ3) is 5.66. The Balaban J connectivity index is 1.53. The molecule has 4 aromatic rings. The molecule has 0 atom stereocenters. The molecule has 1 saturated carbocycles. The molecular formula is C33H38N2O4. The van der Waals surface area contributed by atoms with E-state index in [1.165, 1.54) is 0 Å². The fraction of sp³-hybridized carbons (Fsp3) is 0.364. The third-order valence-corrected chi connectivity index (χ3v) is 7.97. The molecule has 0 bridgehead atoms. The summed E-state index contributed by atoms with van der Waals surface area (Å²) in [6.45, 7) is 4.97. The lowest BCUT2D eigenvalue weighted by atomic mass is 9.89. The molecule has 5 rings (SSSR count). The second-order valence-electron chi connectivity index (χ2n) is 10.3. The van der Waals surface area contributed by atoms with E-state index in [9.17, 15) is 4.79 Å². The van der Waals surface area contributed by atoms with Crippen molar-refractivity contribution in [2.45, 2.75) is 58.2 Å². The van der Waals surface area contributed by atoms with Crippen molar-refractivity contribution < 1.29 is 18.7 Å². The van der Waals surface area contributed by atoms with Crippen molar-refractivity contribution in [2.24, 2.45) is 0 Å². The molecule has 204 valence electrons. The number of fused-ring (bicyclic) bond motifs is 1. The summed E-state index contributed by atoms with van der Waals surface area (Å²) in [4.78, 5) is 16.3. The van der Waals surface area contributed by atoms with E-state index in [4.69, 9.17) is 13.9 Å². The number of furan rings is 1. The number of methoxy groups -OCH3 is 1. The van der Waals surface area contributed by atoms with Gasteiger partial charge in [0, 0.05) is 28.6 Å². The van der Waals surface area contributed by atoms with E-state index in [0.717, 1.165) is 70.4 Å². The lowest BCUT2D eigenvalue weighted by Gasteiger charge is -2.37. The second-order valence-corrected chi connectivity index (χ2v) is 10.3. The average Bonchev–Trinajstić information content (AvgIpc) is 3.33. The maximum atomic E-state index is 14.2. The van der Waals surface area contributed by atoms with Crippen LogP contribution in [0.15, 0.2) is 71.1 Å².